The van der Waals surface area contributed by atoms with Crippen molar-refractivity contribution in [3.05, 3.63) is 12.7 Å². The van der Waals surface area contributed by atoms with Gasteiger partial charge in [0.2, 0.25) is 0 Å². The Morgan fingerprint density at radius 3 is 3.03 bits per heavy atom. The first kappa shape index (κ1) is 21.6. The summed E-state index contributed by atoms with van der Waals surface area (Å²) in [6, 6.07) is 0. The molecule has 2 aromatic heterocycles. The van der Waals surface area contributed by atoms with Crippen LogP contribution in [0.5, 0.6) is 0 Å². The van der Waals surface area contributed by atoms with Gasteiger partial charge in [-0.3, -0.25) is 0 Å². The number of nitrogen functional groups attached to an aromatic ring is 1. The van der Waals surface area contributed by atoms with Crippen molar-refractivity contribution in [2.24, 2.45) is 5.73 Å². The maximum absolute atomic E-state index is 12.1. The van der Waals surface area contributed by atoms with Gasteiger partial charge in [-0.15, -0.1) is 0 Å². The summed E-state index contributed by atoms with van der Waals surface area (Å²) >= 11 is 0. The monoisotopic (exact) mass is 429 g/mol. The number of rotatable bonds is 8. The van der Waals surface area contributed by atoms with Crippen LogP contribution in [0.3, 0.4) is 0 Å². The molecule has 0 aliphatic carbocycles. The van der Waals surface area contributed by atoms with Crippen LogP contribution in [0.15, 0.2) is 12.7 Å². The third kappa shape index (κ3) is 5.10. The number of alkyl carbamates (subject to hydrolysis) is 1. The van der Waals surface area contributed by atoms with Gasteiger partial charge in [-0.25, -0.2) is 0 Å². The fourth-order valence-corrected chi connectivity index (χ4v) is 3.50. The molecule has 160 valence electrons. The van der Waals surface area contributed by atoms with E-state index in [4.69, 9.17) is 30.0 Å². The van der Waals surface area contributed by atoms with Crippen molar-refractivity contribution in [2.75, 3.05) is 32.5 Å². The van der Waals surface area contributed by atoms with Gasteiger partial charge in [0, 0.05) is 0 Å². The van der Waals surface area contributed by atoms with Gasteiger partial charge in [0.15, 0.2) is 0 Å². The molecule has 2 aromatic rings. The van der Waals surface area contributed by atoms with E-state index in [0.717, 1.165) is 0 Å². The molecule has 3 heterocycles. The number of anilines is 1. The molecule has 1 aliphatic rings. The third-order valence-electron chi connectivity index (χ3n) is 4.39. The first-order valence-electron chi connectivity index (χ1n) is 8.99. The Kier molecular flexibility index (Phi) is 6.83. The van der Waals surface area contributed by atoms with Gasteiger partial charge in [0.05, 0.1) is 0 Å². The second-order valence-corrected chi connectivity index (χ2v) is 9.03. The van der Waals surface area contributed by atoms with Gasteiger partial charge in [-0.1, -0.05) is 0 Å². The van der Waals surface area contributed by atoms with Crippen LogP contribution in [0.2, 0.25) is 0 Å². The number of ether oxygens (including phenoxy) is 2. The topological polar surface area (TPSA) is 182 Å². The van der Waals surface area contributed by atoms with E-state index < -0.39 is 32.4 Å². The number of hydrogen-bond acceptors (Lipinski definition) is 11. The van der Waals surface area contributed by atoms with E-state index in [9.17, 15) is 9.69 Å². The van der Waals surface area contributed by atoms with E-state index in [0.29, 0.717) is 17.6 Å². The van der Waals surface area contributed by atoms with Crippen molar-refractivity contribution in [3.63, 3.8) is 0 Å². The van der Waals surface area contributed by atoms with E-state index in [1.807, 2.05) is 0 Å². The molecule has 1 amide bonds. The summed E-state index contributed by atoms with van der Waals surface area (Å²) < 4.78 is 23.6. The summed E-state index contributed by atoms with van der Waals surface area (Å²) in [4.78, 5) is 34.4. The van der Waals surface area contributed by atoms with Crippen LogP contribution in [0.4, 0.5) is 10.6 Å². The first-order valence-corrected chi connectivity index (χ1v) is 11.3. The summed E-state index contributed by atoms with van der Waals surface area (Å²) in [6.45, 7) is 0.635. The Morgan fingerprint density at radius 2 is 2.31 bits per heavy atom. The van der Waals surface area contributed by atoms with E-state index in [1.165, 1.54) is 27.3 Å². The number of hydrogen-bond donors (Lipinski definition) is 4. The van der Waals surface area contributed by atoms with Gasteiger partial charge in [-0.05, 0) is 0 Å². The number of carbonyl (C=O) groups excluding carboxylic acids is 1. The van der Waals surface area contributed by atoms with Gasteiger partial charge < -0.3 is 0 Å². The molecular formula is C14H25BN7O6P. The number of aromatic nitrogens is 4. The van der Waals surface area contributed by atoms with E-state index in [-0.39, 0.29) is 25.5 Å². The van der Waals surface area contributed by atoms with Crippen LogP contribution in [0.1, 0.15) is 12.6 Å². The second-order valence-electron chi connectivity index (χ2n) is 6.54. The Labute approximate surface area is 168 Å². The zero-order valence-corrected chi connectivity index (χ0v) is 17.1. The number of nitrogens with zero attached hydrogens (tertiary/aromatic N) is 4. The van der Waals surface area contributed by atoms with Crippen molar-refractivity contribution in [3.8, 4) is 0 Å². The van der Waals surface area contributed by atoms with Crippen LogP contribution in [-0.4, -0.2) is 77.1 Å². The van der Waals surface area contributed by atoms with Crippen LogP contribution >= 0.6 is 7.82 Å². The van der Waals surface area contributed by atoms with Crippen molar-refractivity contribution >= 4 is 38.5 Å². The van der Waals surface area contributed by atoms with E-state index in [2.05, 4.69) is 20.3 Å². The summed E-state index contributed by atoms with van der Waals surface area (Å²) in [6.07, 6.45) is 0.680. The average Bonchev–Trinajstić information content (AvgIpc) is 3.29. The fourth-order valence-electron chi connectivity index (χ4n) is 2.89. The van der Waals surface area contributed by atoms with E-state index in [1.54, 1.807) is 4.57 Å². The van der Waals surface area contributed by atoms with Crippen molar-refractivity contribution < 1.29 is 28.2 Å². The quantitative estimate of drug-likeness (QED) is 0.282. The summed E-state index contributed by atoms with van der Waals surface area (Å²) in [5.74, 6) is 0.229. The summed E-state index contributed by atoms with van der Waals surface area (Å²) in [5.41, 5.74) is 12.1. The number of amides is 1. The Morgan fingerprint density at radius 1 is 1.52 bits per heavy atom. The Hall–Kier alpha value is -2.09. The summed E-state index contributed by atoms with van der Waals surface area (Å²) in [5, 5.41) is 2.55. The maximum atomic E-state index is 12.1. The van der Waals surface area contributed by atoms with Crippen LogP contribution < -0.4 is 16.8 Å². The molecule has 0 aromatic carbocycles. The zero-order valence-electron chi connectivity index (χ0n) is 16.1. The number of fused-ring (bicyclic) bond motifs is 1. The molecule has 1 aliphatic heterocycles. The molecule has 0 radical (unpaired) electrons. The molecule has 0 bridgehead atoms. The number of imidazole rings is 1. The Balaban J connectivity index is 1.80. The number of nitrogens with one attached hydrogen (secondary N) is 1. The predicted octanol–water partition coefficient (Wildman–Crippen LogP) is -1.55. The molecule has 3 atom stereocenters. The summed E-state index contributed by atoms with van der Waals surface area (Å²) in [7, 11) is -0.354. The molecule has 13 nitrogen and oxygen atoms in total. The van der Waals surface area contributed by atoms with Crippen molar-refractivity contribution in [1.29, 1.82) is 0 Å². The van der Waals surface area contributed by atoms with Crippen molar-refractivity contribution in [1.82, 2.24) is 24.8 Å². The second kappa shape index (κ2) is 9.16. The number of carbonyl (C=O) groups is 1. The molecule has 15 heteroatoms. The van der Waals surface area contributed by atoms with Gasteiger partial charge in [0.25, 0.3) is 0 Å². The number of nitrogens with two attached hydrogens (primary N) is 2. The average molecular weight is 429 g/mol. The molecule has 6 N–H and O–H groups in total. The molecule has 1 fully saturated rings. The predicted molar refractivity (Wildman–Crippen MR) is 108 cm³/mol. The zero-order chi connectivity index (χ0) is 21.0. The van der Waals surface area contributed by atoms with Gasteiger partial charge >= 0.3 is 167 Å². The molecular weight excluding hydrogens is 404 g/mol. The molecule has 0 saturated carbocycles. The molecule has 0 unspecified atom stereocenters. The van der Waals surface area contributed by atoms with Crippen LogP contribution in [-0.2, 0) is 18.5 Å². The fraction of sp³-hybridized carbons (Fsp3) is 0.571. The Bertz CT molecular complexity index is 855. The van der Waals surface area contributed by atoms with Crippen molar-refractivity contribution in [2.45, 2.75) is 24.9 Å². The van der Waals surface area contributed by atoms with E-state index >= 15 is 0 Å². The first-order chi connectivity index (χ1) is 13.8. The normalized spacial score (nSPS) is 22.7. The molecule has 1 saturated heterocycles. The minimum atomic E-state index is -3.23. The van der Waals surface area contributed by atoms with Gasteiger partial charge in [0.1, 0.15) is 0 Å². The third-order valence-corrected chi connectivity index (χ3v) is 5.85. The van der Waals surface area contributed by atoms with Crippen LogP contribution in [0.25, 0.3) is 11.2 Å². The molecule has 3 rings (SSSR count). The van der Waals surface area contributed by atoms with Gasteiger partial charge in [-0.2, -0.15) is 0 Å². The SMILES string of the molecule is B[PH](O)(OC)OC[C@@H]1C[C@H](OC(=O)NCCN)[C@H](n2cnc3c(N)ncnc32)O1. The molecule has 29 heavy (non-hydrogen) atoms. The standard InChI is InChI=1S/C14H25BN7O6P/c1-25-29(15,24)26-5-8-4-9(28-14(23)18-3-2-16)13(27-8)22-7-21-10-11(17)19-6-20-12(10)22/h6-9,13,24,29H,2-5,15-16H2,1H3,(H,18,23)(H2,17,19,20)/t8-,9-,13+/m0/s1. The van der Waals surface area contributed by atoms with Crippen LogP contribution in [0, 0.1) is 0 Å². The molecule has 0 spiro atoms. The minimum absolute atomic E-state index is 0.0671.